The number of hydrogen-bond acceptors (Lipinski definition) is 3. The Morgan fingerprint density at radius 3 is 2.85 bits per heavy atom. The van der Waals surface area contributed by atoms with Gasteiger partial charge in [0.25, 0.3) is 0 Å². The van der Waals surface area contributed by atoms with Crippen LogP contribution in [0.4, 0.5) is 0 Å². The molecule has 1 aromatic heterocycles. The van der Waals surface area contributed by atoms with Crippen LogP contribution in [0, 0.1) is 0 Å². The van der Waals surface area contributed by atoms with Crippen LogP contribution in [-0.2, 0) is 22.4 Å². The van der Waals surface area contributed by atoms with Gasteiger partial charge < -0.3 is 4.57 Å². The van der Waals surface area contributed by atoms with Crippen LogP contribution >= 0.6 is 23.4 Å². The Bertz CT molecular complexity index is 557. The zero-order valence-corrected chi connectivity index (χ0v) is 14.3. The highest BCUT2D eigenvalue weighted by atomic mass is 35.5. The van der Waals surface area contributed by atoms with Gasteiger partial charge in [-0.15, -0.1) is 11.6 Å². The molecule has 0 aliphatic carbocycles. The lowest BCUT2D eigenvalue weighted by atomic mass is 10.4. The highest BCUT2D eigenvalue weighted by molar-refractivity contribution is 7.99. The van der Waals surface area contributed by atoms with E-state index in [-0.39, 0.29) is 6.04 Å². The SMILES string of the molecule is CCCn1cc(S(=O)(=O)N2CCSCC2C)cc1CCl. The molecule has 0 spiro atoms. The number of thioether (sulfide) groups is 1. The number of aromatic nitrogens is 1. The average Bonchev–Trinajstić information content (AvgIpc) is 2.83. The fraction of sp³-hybridized carbons (Fsp3) is 0.692. The van der Waals surface area contributed by atoms with E-state index in [1.807, 2.05) is 11.5 Å². The van der Waals surface area contributed by atoms with Gasteiger partial charge in [0.05, 0.1) is 5.88 Å². The van der Waals surface area contributed by atoms with E-state index in [9.17, 15) is 8.42 Å². The number of aryl methyl sites for hydroxylation is 1. The van der Waals surface area contributed by atoms with E-state index in [1.165, 1.54) is 0 Å². The second-order valence-corrected chi connectivity index (χ2v) is 8.34. The van der Waals surface area contributed by atoms with E-state index in [0.717, 1.165) is 30.2 Å². The van der Waals surface area contributed by atoms with Gasteiger partial charge in [-0.2, -0.15) is 16.1 Å². The van der Waals surface area contributed by atoms with Gasteiger partial charge in [-0.25, -0.2) is 8.42 Å². The lowest BCUT2D eigenvalue weighted by molar-refractivity contribution is 0.367. The van der Waals surface area contributed by atoms with Gasteiger partial charge in [-0.3, -0.25) is 0 Å². The monoisotopic (exact) mass is 336 g/mol. The summed E-state index contributed by atoms with van der Waals surface area (Å²) in [6.07, 6.45) is 2.68. The van der Waals surface area contributed by atoms with Crippen molar-refractivity contribution in [2.45, 2.75) is 43.6 Å². The maximum atomic E-state index is 12.7. The molecule has 1 fully saturated rings. The van der Waals surface area contributed by atoms with Crippen LogP contribution < -0.4 is 0 Å². The second-order valence-electron chi connectivity index (χ2n) is 5.03. The third kappa shape index (κ3) is 3.18. The number of halogens is 1. The fourth-order valence-electron chi connectivity index (χ4n) is 2.43. The largest absolute Gasteiger partial charge is 0.349 e. The Labute approximate surface area is 130 Å². The first-order chi connectivity index (χ1) is 9.50. The Kier molecular flexibility index (Phi) is 5.45. The van der Waals surface area contributed by atoms with E-state index in [2.05, 4.69) is 6.92 Å². The molecular formula is C13H21ClN2O2S2. The molecular weight excluding hydrogens is 316 g/mol. The molecule has 0 saturated carbocycles. The predicted molar refractivity (Wildman–Crippen MR) is 85.0 cm³/mol. The summed E-state index contributed by atoms with van der Waals surface area (Å²) in [5, 5.41) is 0. The fourth-order valence-corrected chi connectivity index (χ4v) is 5.58. The molecule has 1 atom stereocenters. The molecule has 114 valence electrons. The summed E-state index contributed by atoms with van der Waals surface area (Å²) in [6.45, 7) is 5.41. The van der Waals surface area contributed by atoms with Crippen molar-refractivity contribution in [1.29, 1.82) is 0 Å². The summed E-state index contributed by atoms with van der Waals surface area (Å²) in [7, 11) is -3.40. The molecule has 0 aromatic carbocycles. The van der Waals surface area contributed by atoms with Gasteiger partial charge in [-0.05, 0) is 19.4 Å². The summed E-state index contributed by atoms with van der Waals surface area (Å²) in [5.41, 5.74) is 0.867. The van der Waals surface area contributed by atoms with E-state index >= 15 is 0 Å². The number of alkyl halides is 1. The van der Waals surface area contributed by atoms with Crippen molar-refractivity contribution in [3.63, 3.8) is 0 Å². The molecule has 1 unspecified atom stereocenters. The van der Waals surface area contributed by atoms with Gasteiger partial charge in [0.15, 0.2) is 0 Å². The molecule has 20 heavy (non-hydrogen) atoms. The van der Waals surface area contributed by atoms with Crippen LogP contribution in [0.1, 0.15) is 26.0 Å². The van der Waals surface area contributed by atoms with Crippen LogP contribution in [0.5, 0.6) is 0 Å². The minimum absolute atomic E-state index is 0.0488. The van der Waals surface area contributed by atoms with Crippen molar-refractivity contribution in [1.82, 2.24) is 8.87 Å². The molecule has 0 bridgehead atoms. The quantitative estimate of drug-likeness (QED) is 0.776. The van der Waals surface area contributed by atoms with Crippen molar-refractivity contribution in [3.8, 4) is 0 Å². The van der Waals surface area contributed by atoms with Crippen LogP contribution in [0.25, 0.3) is 0 Å². The van der Waals surface area contributed by atoms with E-state index < -0.39 is 10.0 Å². The Morgan fingerprint density at radius 1 is 1.50 bits per heavy atom. The van der Waals surface area contributed by atoms with Crippen LogP contribution in [0.15, 0.2) is 17.2 Å². The molecule has 0 N–H and O–H groups in total. The predicted octanol–water partition coefficient (Wildman–Crippen LogP) is 2.76. The molecule has 2 rings (SSSR count). The van der Waals surface area contributed by atoms with Crippen LogP contribution in [0.2, 0.25) is 0 Å². The van der Waals surface area contributed by atoms with Crippen molar-refractivity contribution in [2.75, 3.05) is 18.1 Å². The molecule has 0 amide bonds. The van der Waals surface area contributed by atoms with Gasteiger partial charge in [-0.1, -0.05) is 6.92 Å². The molecule has 7 heteroatoms. The number of nitrogens with zero attached hydrogens (tertiary/aromatic N) is 2. The standard InChI is InChI=1S/C13H21ClN2O2S2/c1-3-4-15-9-13(7-12(15)8-14)20(17,18)16-5-6-19-10-11(16)2/h7,9,11H,3-6,8,10H2,1-2H3. The molecule has 4 nitrogen and oxygen atoms in total. The molecule has 2 heterocycles. The smallest absolute Gasteiger partial charge is 0.244 e. The zero-order valence-electron chi connectivity index (χ0n) is 11.9. The Morgan fingerprint density at radius 2 is 2.25 bits per heavy atom. The molecule has 1 aliphatic heterocycles. The maximum absolute atomic E-state index is 12.7. The van der Waals surface area contributed by atoms with Crippen molar-refractivity contribution < 1.29 is 8.42 Å². The van der Waals surface area contributed by atoms with Gasteiger partial charge in [0, 0.05) is 42.5 Å². The first kappa shape index (κ1) is 16.2. The highest BCUT2D eigenvalue weighted by Gasteiger charge is 2.32. The highest BCUT2D eigenvalue weighted by Crippen LogP contribution is 2.26. The lowest BCUT2D eigenvalue weighted by Gasteiger charge is -2.31. The summed E-state index contributed by atoms with van der Waals surface area (Å²) in [6, 6.07) is 1.76. The summed E-state index contributed by atoms with van der Waals surface area (Å²) < 4.78 is 29.1. The number of sulfonamides is 1. The summed E-state index contributed by atoms with van der Waals surface area (Å²) in [4.78, 5) is 0.375. The third-order valence-corrected chi connectivity index (χ3v) is 6.92. The molecule has 1 aromatic rings. The van der Waals surface area contributed by atoms with Gasteiger partial charge >= 0.3 is 0 Å². The van der Waals surface area contributed by atoms with Crippen molar-refractivity contribution in [3.05, 3.63) is 18.0 Å². The zero-order chi connectivity index (χ0) is 14.8. The minimum Gasteiger partial charge on any atom is -0.349 e. The minimum atomic E-state index is -3.40. The lowest BCUT2D eigenvalue weighted by Crippen LogP contribution is -2.44. The van der Waals surface area contributed by atoms with Gasteiger partial charge in [0.2, 0.25) is 10.0 Å². The van der Waals surface area contributed by atoms with E-state index in [0.29, 0.717) is 17.3 Å². The maximum Gasteiger partial charge on any atom is 0.244 e. The van der Waals surface area contributed by atoms with E-state index in [1.54, 1.807) is 28.3 Å². The average molecular weight is 337 g/mol. The molecule has 0 radical (unpaired) electrons. The van der Waals surface area contributed by atoms with E-state index in [4.69, 9.17) is 11.6 Å². The number of hydrogen-bond donors (Lipinski definition) is 0. The van der Waals surface area contributed by atoms with Crippen LogP contribution in [0.3, 0.4) is 0 Å². The van der Waals surface area contributed by atoms with Crippen LogP contribution in [-0.4, -0.2) is 41.4 Å². The topological polar surface area (TPSA) is 42.3 Å². The Balaban J connectivity index is 2.33. The first-order valence-electron chi connectivity index (χ1n) is 6.85. The van der Waals surface area contributed by atoms with Crippen molar-refractivity contribution in [2.24, 2.45) is 0 Å². The normalized spacial score (nSPS) is 21.2. The van der Waals surface area contributed by atoms with Crippen molar-refractivity contribution >= 4 is 33.4 Å². The molecule has 1 aliphatic rings. The Hall–Kier alpha value is -0.170. The first-order valence-corrected chi connectivity index (χ1v) is 9.98. The molecule has 1 saturated heterocycles. The van der Waals surface area contributed by atoms with Gasteiger partial charge in [0.1, 0.15) is 4.90 Å². The summed E-state index contributed by atoms with van der Waals surface area (Å²) >= 11 is 7.72. The third-order valence-electron chi connectivity index (χ3n) is 3.48. The summed E-state index contributed by atoms with van der Waals surface area (Å²) in [5.74, 6) is 2.06. The second kappa shape index (κ2) is 6.73. The number of rotatable bonds is 5.